The fraction of sp³-hybridized carbons (Fsp3) is 0.684. The van der Waals surface area contributed by atoms with Crippen LogP contribution in [0.25, 0.3) is 0 Å². The molecule has 0 aliphatic rings. The zero-order valence-corrected chi connectivity index (χ0v) is 16.7. The lowest BCUT2D eigenvalue weighted by Crippen LogP contribution is -2.63. The Hall–Kier alpha value is -0.763. The van der Waals surface area contributed by atoms with Crippen molar-refractivity contribution in [1.82, 2.24) is 0 Å². The van der Waals surface area contributed by atoms with Crippen LogP contribution in [0.1, 0.15) is 67.9 Å². The second kappa shape index (κ2) is 5.46. The van der Waals surface area contributed by atoms with Gasteiger partial charge in [-0.3, -0.25) is 0 Å². The van der Waals surface area contributed by atoms with Gasteiger partial charge < -0.3 is 4.43 Å². The molecule has 0 amide bonds. The molecule has 1 aromatic rings. The number of hydrogen-bond donors (Lipinski definition) is 0. The summed E-state index contributed by atoms with van der Waals surface area (Å²) in [4.78, 5) is 0. The van der Waals surface area contributed by atoms with Crippen molar-refractivity contribution >= 4 is 8.32 Å². The predicted molar refractivity (Wildman–Crippen MR) is 96.7 cm³/mol. The average Bonchev–Trinajstić information content (AvgIpc) is 2.20. The Morgan fingerprint density at radius 1 is 0.762 bits per heavy atom. The van der Waals surface area contributed by atoms with Crippen molar-refractivity contribution in [3.63, 3.8) is 0 Å². The lowest BCUT2D eigenvalue weighted by Gasteiger charge is -2.57. The topological polar surface area (TPSA) is 9.23 Å². The Kier molecular flexibility index (Phi) is 4.75. The molecule has 120 valence electrons. The molecule has 0 unspecified atom stereocenters. The standard InChI is InChI=1S/C19H34OSi/c1-15-12-11-13-16(14-15)20-21(17(2,3)4,18(5,6)7)19(8,9)10/h11-14H,1-10H3. The average molecular weight is 307 g/mol. The lowest BCUT2D eigenvalue weighted by molar-refractivity contribution is 0.372. The molecule has 0 fully saturated rings. The van der Waals surface area contributed by atoms with E-state index in [-0.39, 0.29) is 15.1 Å². The second-order valence-corrected chi connectivity index (χ2v) is 15.4. The van der Waals surface area contributed by atoms with Crippen LogP contribution in [0.15, 0.2) is 24.3 Å². The van der Waals surface area contributed by atoms with Crippen molar-refractivity contribution in [3.8, 4) is 5.75 Å². The van der Waals surface area contributed by atoms with Gasteiger partial charge in [0.05, 0.1) is 0 Å². The summed E-state index contributed by atoms with van der Waals surface area (Å²) in [5.41, 5.74) is 1.26. The van der Waals surface area contributed by atoms with Gasteiger partial charge in [0.1, 0.15) is 5.75 Å². The molecule has 0 saturated carbocycles. The van der Waals surface area contributed by atoms with E-state index in [2.05, 4.69) is 93.5 Å². The minimum Gasteiger partial charge on any atom is -0.542 e. The fourth-order valence-electron chi connectivity index (χ4n) is 4.69. The monoisotopic (exact) mass is 306 g/mol. The molecule has 2 heteroatoms. The SMILES string of the molecule is Cc1cccc(O[Si](C(C)(C)C)(C(C)(C)C)C(C)(C)C)c1. The van der Waals surface area contributed by atoms with Crippen molar-refractivity contribution in [2.45, 2.75) is 84.4 Å². The van der Waals surface area contributed by atoms with Crippen LogP contribution in [0.2, 0.25) is 15.1 Å². The molecular weight excluding hydrogens is 272 g/mol. The van der Waals surface area contributed by atoms with Crippen molar-refractivity contribution < 1.29 is 4.43 Å². The summed E-state index contributed by atoms with van der Waals surface area (Å²) in [5, 5.41) is 0.438. The van der Waals surface area contributed by atoms with Gasteiger partial charge in [-0.1, -0.05) is 74.4 Å². The van der Waals surface area contributed by atoms with E-state index < -0.39 is 8.32 Å². The third-order valence-corrected chi connectivity index (χ3v) is 11.3. The zero-order chi connectivity index (χ0) is 16.7. The maximum Gasteiger partial charge on any atom is 0.267 e. The molecule has 1 nitrogen and oxygen atoms in total. The molecule has 1 aromatic carbocycles. The van der Waals surface area contributed by atoms with Crippen LogP contribution in [0.4, 0.5) is 0 Å². The molecule has 0 spiro atoms. The Morgan fingerprint density at radius 3 is 1.52 bits per heavy atom. The van der Waals surface area contributed by atoms with E-state index in [1.165, 1.54) is 5.56 Å². The highest BCUT2D eigenvalue weighted by molar-refractivity contribution is 6.82. The fourth-order valence-corrected chi connectivity index (χ4v) is 12.8. The van der Waals surface area contributed by atoms with Crippen LogP contribution in [-0.2, 0) is 0 Å². The maximum absolute atomic E-state index is 6.92. The second-order valence-electron chi connectivity index (χ2n) is 9.35. The lowest BCUT2D eigenvalue weighted by atomic mass is 10.2. The van der Waals surface area contributed by atoms with Gasteiger partial charge in [-0.25, -0.2) is 0 Å². The van der Waals surface area contributed by atoms with Crippen molar-refractivity contribution in [3.05, 3.63) is 29.8 Å². The van der Waals surface area contributed by atoms with Gasteiger partial charge >= 0.3 is 0 Å². The van der Waals surface area contributed by atoms with Gasteiger partial charge in [-0.15, -0.1) is 0 Å². The van der Waals surface area contributed by atoms with Crippen LogP contribution >= 0.6 is 0 Å². The third kappa shape index (κ3) is 3.36. The predicted octanol–water partition coefficient (Wildman–Crippen LogP) is 6.72. The molecule has 0 bridgehead atoms. The van der Waals surface area contributed by atoms with Crippen molar-refractivity contribution in [2.24, 2.45) is 0 Å². The van der Waals surface area contributed by atoms with Crippen LogP contribution in [0, 0.1) is 6.92 Å². The van der Waals surface area contributed by atoms with E-state index in [0.29, 0.717) is 0 Å². The van der Waals surface area contributed by atoms with E-state index in [4.69, 9.17) is 4.43 Å². The van der Waals surface area contributed by atoms with Gasteiger partial charge in [0, 0.05) is 0 Å². The molecule has 0 radical (unpaired) electrons. The molecule has 0 aliphatic heterocycles. The van der Waals surface area contributed by atoms with Gasteiger partial charge in [-0.05, 0) is 39.7 Å². The molecule has 0 heterocycles. The van der Waals surface area contributed by atoms with Gasteiger partial charge in [-0.2, -0.15) is 0 Å². The number of hydrogen-bond acceptors (Lipinski definition) is 1. The van der Waals surface area contributed by atoms with Crippen LogP contribution < -0.4 is 4.43 Å². The summed E-state index contributed by atoms with van der Waals surface area (Å²) >= 11 is 0. The Bertz CT molecular complexity index is 447. The van der Waals surface area contributed by atoms with Gasteiger partial charge in [0.2, 0.25) is 0 Å². The third-order valence-electron chi connectivity index (χ3n) is 4.43. The summed E-state index contributed by atoms with van der Waals surface area (Å²) in [7, 11) is -2.16. The minimum atomic E-state index is -2.16. The van der Waals surface area contributed by atoms with Crippen LogP contribution in [0.3, 0.4) is 0 Å². The Morgan fingerprint density at radius 2 is 1.19 bits per heavy atom. The van der Waals surface area contributed by atoms with E-state index in [0.717, 1.165) is 5.75 Å². The highest BCUT2D eigenvalue weighted by atomic mass is 28.4. The summed E-state index contributed by atoms with van der Waals surface area (Å²) in [6, 6.07) is 8.50. The molecule has 0 N–H and O–H groups in total. The first-order valence-electron chi connectivity index (χ1n) is 7.98. The first-order valence-corrected chi connectivity index (χ1v) is 9.89. The first kappa shape index (κ1) is 18.3. The molecule has 0 atom stereocenters. The molecule has 1 rings (SSSR count). The minimum absolute atomic E-state index is 0.146. The summed E-state index contributed by atoms with van der Waals surface area (Å²) in [6.07, 6.45) is 0. The Balaban J connectivity index is 3.52. The highest BCUT2D eigenvalue weighted by Crippen LogP contribution is 2.62. The highest BCUT2D eigenvalue weighted by Gasteiger charge is 2.63. The smallest absolute Gasteiger partial charge is 0.267 e. The van der Waals surface area contributed by atoms with E-state index in [1.807, 2.05) is 0 Å². The van der Waals surface area contributed by atoms with Crippen molar-refractivity contribution in [2.75, 3.05) is 0 Å². The maximum atomic E-state index is 6.92. The van der Waals surface area contributed by atoms with Crippen LogP contribution in [0.5, 0.6) is 5.75 Å². The largest absolute Gasteiger partial charge is 0.542 e. The van der Waals surface area contributed by atoms with E-state index in [1.54, 1.807) is 0 Å². The quantitative estimate of drug-likeness (QED) is 0.551. The molecule has 0 aliphatic carbocycles. The molecule has 0 aromatic heterocycles. The van der Waals surface area contributed by atoms with E-state index >= 15 is 0 Å². The van der Waals surface area contributed by atoms with E-state index in [9.17, 15) is 0 Å². The van der Waals surface area contributed by atoms with Gasteiger partial charge in [0.25, 0.3) is 8.32 Å². The number of aryl methyl sites for hydroxylation is 1. The van der Waals surface area contributed by atoms with Crippen molar-refractivity contribution in [1.29, 1.82) is 0 Å². The zero-order valence-electron chi connectivity index (χ0n) is 15.7. The normalized spacial score (nSPS) is 14.2. The first-order chi connectivity index (χ1) is 9.22. The summed E-state index contributed by atoms with van der Waals surface area (Å²) < 4.78 is 6.92. The van der Waals surface area contributed by atoms with Gasteiger partial charge in [0.15, 0.2) is 0 Å². The summed E-state index contributed by atoms with van der Waals surface area (Å²) in [6.45, 7) is 23.3. The number of rotatable bonds is 2. The molecule has 21 heavy (non-hydrogen) atoms. The Labute approximate surface area is 133 Å². The van der Waals surface area contributed by atoms with Crippen LogP contribution in [-0.4, -0.2) is 8.32 Å². The number of benzene rings is 1. The summed E-state index contributed by atoms with van der Waals surface area (Å²) in [5.74, 6) is 1.03. The molecule has 0 saturated heterocycles. The molecular formula is C19H34OSi.